The fourth-order valence-corrected chi connectivity index (χ4v) is 1.74. The third-order valence-corrected chi connectivity index (χ3v) is 2.68. The molecule has 0 bridgehead atoms. The molecule has 0 radical (unpaired) electrons. The maximum atomic E-state index is 12.1. The Bertz CT molecular complexity index is 360. The van der Waals surface area contributed by atoms with E-state index in [2.05, 4.69) is 6.58 Å². The van der Waals surface area contributed by atoms with E-state index in [1.54, 1.807) is 12.1 Å². The van der Waals surface area contributed by atoms with E-state index in [1.807, 2.05) is 0 Å². The molecule has 15 heavy (non-hydrogen) atoms. The summed E-state index contributed by atoms with van der Waals surface area (Å²) in [5.74, 6) is 0.208. The average molecular weight is 253 g/mol. The Balaban J connectivity index is 2.88. The molecule has 0 fully saturated rings. The van der Waals surface area contributed by atoms with Crippen LogP contribution in [0.3, 0.4) is 0 Å². The molecule has 0 unspecified atom stereocenters. The van der Waals surface area contributed by atoms with Gasteiger partial charge in [-0.05, 0) is 35.0 Å². The van der Waals surface area contributed by atoms with Crippen molar-refractivity contribution in [2.75, 3.05) is 5.88 Å². The van der Waals surface area contributed by atoms with Crippen molar-refractivity contribution in [3.05, 3.63) is 36.4 Å². The highest BCUT2D eigenvalue weighted by molar-refractivity contribution is 8.00. The first-order valence-corrected chi connectivity index (χ1v) is 5.37. The molecule has 0 aliphatic carbocycles. The maximum absolute atomic E-state index is 12.1. The first-order chi connectivity index (χ1) is 6.92. The fourth-order valence-electron chi connectivity index (χ4n) is 0.990. The number of allylic oxidation sites excluding steroid dienone is 1. The number of hydrogen-bond acceptors (Lipinski definition) is 1. The zero-order chi connectivity index (χ0) is 11.5. The number of alkyl halides is 4. The van der Waals surface area contributed by atoms with Gasteiger partial charge in [0.1, 0.15) is 0 Å². The minimum Gasteiger partial charge on any atom is -0.160 e. The van der Waals surface area contributed by atoms with Crippen molar-refractivity contribution in [2.45, 2.75) is 10.4 Å². The Morgan fingerprint density at radius 2 is 2.07 bits per heavy atom. The number of rotatable bonds is 3. The van der Waals surface area contributed by atoms with E-state index < -0.39 is 5.51 Å². The second-order valence-electron chi connectivity index (χ2n) is 2.81. The summed E-state index contributed by atoms with van der Waals surface area (Å²) in [7, 11) is 0. The van der Waals surface area contributed by atoms with E-state index in [4.69, 9.17) is 11.6 Å². The highest BCUT2D eigenvalue weighted by atomic mass is 35.5. The SMILES string of the molecule is C=C(CCl)c1cccc(SC(F)(F)F)c1. The first-order valence-electron chi connectivity index (χ1n) is 4.02. The van der Waals surface area contributed by atoms with Gasteiger partial charge in [0.05, 0.1) is 0 Å². The minimum atomic E-state index is -4.26. The van der Waals surface area contributed by atoms with Crippen LogP contribution in [0.2, 0.25) is 0 Å². The Kier molecular flexibility index (Phi) is 4.11. The third kappa shape index (κ3) is 4.18. The average Bonchev–Trinajstić information content (AvgIpc) is 2.14. The molecular weight excluding hydrogens is 245 g/mol. The van der Waals surface area contributed by atoms with Crippen molar-refractivity contribution in [2.24, 2.45) is 0 Å². The molecule has 82 valence electrons. The molecule has 1 aromatic rings. The molecule has 0 N–H and O–H groups in total. The lowest BCUT2D eigenvalue weighted by Gasteiger charge is -2.07. The standard InChI is InChI=1S/C10H8ClF3S/c1-7(6-11)8-3-2-4-9(5-8)15-10(12,13)14/h2-5H,1,6H2. The van der Waals surface area contributed by atoms with Gasteiger partial charge < -0.3 is 0 Å². The van der Waals surface area contributed by atoms with E-state index in [0.717, 1.165) is 0 Å². The summed E-state index contributed by atoms with van der Waals surface area (Å²) in [6, 6.07) is 6.08. The van der Waals surface area contributed by atoms with Crippen LogP contribution in [0.25, 0.3) is 5.57 Å². The number of halogens is 4. The molecule has 1 aromatic carbocycles. The molecule has 0 amide bonds. The van der Waals surface area contributed by atoms with Crippen LogP contribution in [0.5, 0.6) is 0 Å². The molecule has 0 saturated heterocycles. The van der Waals surface area contributed by atoms with Gasteiger partial charge in [-0.25, -0.2) is 0 Å². The van der Waals surface area contributed by atoms with Crippen molar-refractivity contribution in [3.8, 4) is 0 Å². The summed E-state index contributed by atoms with van der Waals surface area (Å²) >= 11 is 5.40. The van der Waals surface area contributed by atoms with E-state index in [9.17, 15) is 13.2 Å². The Morgan fingerprint density at radius 1 is 1.40 bits per heavy atom. The summed E-state index contributed by atoms with van der Waals surface area (Å²) in [5, 5.41) is 0. The molecular formula is C10H8ClF3S. The summed E-state index contributed by atoms with van der Waals surface area (Å²) in [4.78, 5) is 0.145. The van der Waals surface area contributed by atoms with Gasteiger partial charge in [0.15, 0.2) is 0 Å². The summed E-state index contributed by atoms with van der Waals surface area (Å²) in [6.45, 7) is 3.66. The van der Waals surface area contributed by atoms with E-state index in [-0.39, 0.29) is 22.5 Å². The monoisotopic (exact) mass is 252 g/mol. The molecule has 0 aromatic heterocycles. The Morgan fingerprint density at radius 3 is 2.60 bits per heavy atom. The van der Waals surface area contributed by atoms with Crippen LogP contribution in [-0.4, -0.2) is 11.4 Å². The van der Waals surface area contributed by atoms with Crippen LogP contribution in [-0.2, 0) is 0 Å². The smallest absolute Gasteiger partial charge is 0.160 e. The molecule has 0 aliphatic rings. The lowest BCUT2D eigenvalue weighted by Crippen LogP contribution is -1.99. The number of thioether (sulfide) groups is 1. The first kappa shape index (κ1) is 12.5. The van der Waals surface area contributed by atoms with E-state index >= 15 is 0 Å². The highest BCUT2D eigenvalue weighted by Crippen LogP contribution is 2.37. The van der Waals surface area contributed by atoms with Crippen LogP contribution in [0.15, 0.2) is 35.7 Å². The Hall–Kier alpha value is -0.610. The van der Waals surface area contributed by atoms with E-state index in [0.29, 0.717) is 11.1 Å². The zero-order valence-corrected chi connectivity index (χ0v) is 9.22. The quantitative estimate of drug-likeness (QED) is 0.562. The van der Waals surface area contributed by atoms with Crippen LogP contribution < -0.4 is 0 Å². The fraction of sp³-hybridized carbons (Fsp3) is 0.200. The van der Waals surface area contributed by atoms with Gasteiger partial charge in [0, 0.05) is 10.8 Å². The molecule has 0 aliphatic heterocycles. The second-order valence-corrected chi connectivity index (χ2v) is 4.22. The van der Waals surface area contributed by atoms with Gasteiger partial charge in [-0.2, -0.15) is 13.2 Å². The van der Waals surface area contributed by atoms with Gasteiger partial charge in [0.25, 0.3) is 0 Å². The van der Waals surface area contributed by atoms with Crippen molar-refractivity contribution in [3.63, 3.8) is 0 Å². The topological polar surface area (TPSA) is 0 Å². The minimum absolute atomic E-state index is 0.141. The summed E-state index contributed by atoms with van der Waals surface area (Å²) in [6.07, 6.45) is 0. The van der Waals surface area contributed by atoms with Crippen molar-refractivity contribution < 1.29 is 13.2 Å². The van der Waals surface area contributed by atoms with Gasteiger partial charge in [0.2, 0.25) is 0 Å². The molecule has 0 heterocycles. The molecule has 0 saturated carbocycles. The van der Waals surface area contributed by atoms with Crippen LogP contribution >= 0.6 is 23.4 Å². The molecule has 0 nitrogen and oxygen atoms in total. The summed E-state index contributed by atoms with van der Waals surface area (Å²) in [5.41, 5.74) is -3.01. The maximum Gasteiger partial charge on any atom is 0.446 e. The summed E-state index contributed by atoms with van der Waals surface area (Å²) < 4.78 is 36.2. The van der Waals surface area contributed by atoms with Gasteiger partial charge >= 0.3 is 5.51 Å². The lowest BCUT2D eigenvalue weighted by atomic mass is 10.1. The van der Waals surface area contributed by atoms with Crippen molar-refractivity contribution >= 4 is 28.9 Å². The van der Waals surface area contributed by atoms with Crippen LogP contribution in [0.1, 0.15) is 5.56 Å². The largest absolute Gasteiger partial charge is 0.446 e. The zero-order valence-electron chi connectivity index (χ0n) is 7.64. The molecule has 5 heteroatoms. The molecule has 0 spiro atoms. The molecule has 0 atom stereocenters. The molecule has 1 rings (SSSR count). The predicted molar refractivity (Wildman–Crippen MR) is 58.1 cm³/mol. The van der Waals surface area contributed by atoms with Gasteiger partial charge in [-0.1, -0.05) is 18.7 Å². The van der Waals surface area contributed by atoms with E-state index in [1.165, 1.54) is 12.1 Å². The van der Waals surface area contributed by atoms with Crippen LogP contribution in [0, 0.1) is 0 Å². The predicted octanol–water partition coefficient (Wildman–Crippen LogP) is 4.55. The number of hydrogen-bond donors (Lipinski definition) is 0. The van der Waals surface area contributed by atoms with Crippen molar-refractivity contribution in [1.82, 2.24) is 0 Å². The third-order valence-electron chi connectivity index (χ3n) is 1.64. The highest BCUT2D eigenvalue weighted by Gasteiger charge is 2.29. The number of benzene rings is 1. The second kappa shape index (κ2) is 4.94. The van der Waals surface area contributed by atoms with Gasteiger partial charge in [-0.3, -0.25) is 0 Å². The van der Waals surface area contributed by atoms with Crippen LogP contribution in [0.4, 0.5) is 13.2 Å². The van der Waals surface area contributed by atoms with Crippen molar-refractivity contribution in [1.29, 1.82) is 0 Å². The lowest BCUT2D eigenvalue weighted by molar-refractivity contribution is -0.0328. The Labute approximate surface area is 95.1 Å². The van der Waals surface area contributed by atoms with Gasteiger partial charge in [-0.15, -0.1) is 11.6 Å². The normalized spacial score (nSPS) is 11.5.